The van der Waals surface area contributed by atoms with Crippen LogP contribution >= 0.6 is 11.6 Å². The average molecular weight is 307 g/mol. The van der Waals surface area contributed by atoms with Gasteiger partial charge in [0, 0.05) is 22.1 Å². The molecule has 2 unspecified atom stereocenters. The first-order chi connectivity index (χ1) is 10.7. The molecule has 0 spiro atoms. The zero-order chi connectivity index (χ0) is 15.3. The SMILES string of the molecule is CC1C=CC2=C(C(=O)c3ccccc32)C1c1ccccc1Cl. The van der Waals surface area contributed by atoms with Gasteiger partial charge >= 0.3 is 0 Å². The van der Waals surface area contributed by atoms with Crippen molar-refractivity contribution in [3.05, 3.63) is 88.0 Å². The van der Waals surface area contributed by atoms with Gasteiger partial charge in [0.25, 0.3) is 0 Å². The van der Waals surface area contributed by atoms with Crippen LogP contribution in [0.4, 0.5) is 0 Å². The molecule has 0 N–H and O–H groups in total. The summed E-state index contributed by atoms with van der Waals surface area (Å²) in [4.78, 5) is 12.9. The second-order valence-corrected chi connectivity index (χ2v) is 6.33. The van der Waals surface area contributed by atoms with Crippen molar-refractivity contribution in [2.75, 3.05) is 0 Å². The molecule has 2 aliphatic carbocycles. The molecule has 2 aromatic rings. The maximum absolute atomic E-state index is 12.9. The molecule has 0 bridgehead atoms. The highest BCUT2D eigenvalue weighted by Gasteiger charge is 2.38. The van der Waals surface area contributed by atoms with E-state index in [1.807, 2.05) is 48.5 Å². The van der Waals surface area contributed by atoms with Crippen LogP contribution in [0.25, 0.3) is 5.57 Å². The van der Waals surface area contributed by atoms with Crippen LogP contribution in [0.3, 0.4) is 0 Å². The number of fused-ring (bicyclic) bond motifs is 2. The minimum absolute atomic E-state index is 0.0219. The van der Waals surface area contributed by atoms with Crippen LogP contribution in [0.2, 0.25) is 5.02 Å². The van der Waals surface area contributed by atoms with Crippen molar-refractivity contribution in [2.45, 2.75) is 12.8 Å². The molecule has 2 heteroatoms. The topological polar surface area (TPSA) is 17.1 Å². The van der Waals surface area contributed by atoms with Gasteiger partial charge in [-0.25, -0.2) is 0 Å². The Morgan fingerprint density at radius 3 is 2.41 bits per heavy atom. The van der Waals surface area contributed by atoms with E-state index < -0.39 is 0 Å². The van der Waals surface area contributed by atoms with Gasteiger partial charge in [-0.1, -0.05) is 73.1 Å². The molecule has 108 valence electrons. The molecule has 0 aliphatic heterocycles. The molecule has 0 saturated carbocycles. The standard InChI is InChI=1S/C20H15ClO/c1-12-10-11-14-13-6-2-3-7-15(13)20(22)19(14)18(12)16-8-4-5-9-17(16)21/h2-12,18H,1H3. The third kappa shape index (κ3) is 1.82. The lowest BCUT2D eigenvalue weighted by molar-refractivity contribution is 0.102. The molecule has 0 heterocycles. The summed E-state index contributed by atoms with van der Waals surface area (Å²) in [6.07, 6.45) is 4.28. The zero-order valence-electron chi connectivity index (χ0n) is 12.2. The summed E-state index contributed by atoms with van der Waals surface area (Å²) < 4.78 is 0. The van der Waals surface area contributed by atoms with Crippen molar-refractivity contribution in [2.24, 2.45) is 5.92 Å². The van der Waals surface area contributed by atoms with E-state index in [9.17, 15) is 4.79 Å². The highest BCUT2D eigenvalue weighted by atomic mass is 35.5. The summed E-state index contributed by atoms with van der Waals surface area (Å²) in [5, 5.41) is 0.727. The Hall–Kier alpha value is -2.12. The lowest BCUT2D eigenvalue weighted by Gasteiger charge is -2.27. The number of allylic oxidation sites excluding steroid dienone is 4. The minimum atomic E-state index is 0.0219. The van der Waals surface area contributed by atoms with E-state index in [0.717, 1.165) is 32.9 Å². The van der Waals surface area contributed by atoms with Gasteiger partial charge in [0.15, 0.2) is 5.78 Å². The summed E-state index contributed by atoms with van der Waals surface area (Å²) in [5.41, 5.74) is 4.84. The Kier molecular flexibility index (Phi) is 3.05. The Balaban J connectivity index is 1.94. The molecule has 0 fully saturated rings. The fourth-order valence-electron chi connectivity index (χ4n) is 3.60. The molecule has 0 radical (unpaired) electrons. The van der Waals surface area contributed by atoms with Crippen LogP contribution in [0.1, 0.15) is 34.3 Å². The van der Waals surface area contributed by atoms with E-state index in [0.29, 0.717) is 0 Å². The van der Waals surface area contributed by atoms with Gasteiger partial charge in [0.05, 0.1) is 0 Å². The van der Waals surface area contributed by atoms with E-state index in [2.05, 4.69) is 19.1 Å². The van der Waals surface area contributed by atoms with Crippen LogP contribution in [-0.2, 0) is 0 Å². The van der Waals surface area contributed by atoms with Crippen LogP contribution in [0.5, 0.6) is 0 Å². The molecule has 1 nitrogen and oxygen atoms in total. The summed E-state index contributed by atoms with van der Waals surface area (Å²) in [6.45, 7) is 2.14. The molecular weight excluding hydrogens is 292 g/mol. The zero-order valence-corrected chi connectivity index (χ0v) is 13.0. The Morgan fingerprint density at radius 2 is 1.64 bits per heavy atom. The fraction of sp³-hybridized carbons (Fsp3) is 0.150. The second-order valence-electron chi connectivity index (χ2n) is 5.92. The molecule has 0 saturated heterocycles. The van der Waals surface area contributed by atoms with Crippen molar-refractivity contribution < 1.29 is 4.79 Å². The van der Waals surface area contributed by atoms with Crippen molar-refractivity contribution >= 4 is 23.0 Å². The molecule has 22 heavy (non-hydrogen) atoms. The maximum Gasteiger partial charge on any atom is 0.190 e. The van der Waals surface area contributed by atoms with Gasteiger partial charge in [0.1, 0.15) is 0 Å². The van der Waals surface area contributed by atoms with Gasteiger partial charge in [-0.2, -0.15) is 0 Å². The quantitative estimate of drug-likeness (QED) is 0.700. The lowest BCUT2D eigenvalue weighted by Crippen LogP contribution is -2.18. The number of rotatable bonds is 1. The molecule has 0 aromatic heterocycles. The lowest BCUT2D eigenvalue weighted by atomic mass is 9.76. The number of Topliss-reactive ketones (excluding diaryl/α,β-unsaturated/α-hetero) is 1. The Bertz CT molecular complexity index is 844. The van der Waals surface area contributed by atoms with Gasteiger partial charge in [-0.15, -0.1) is 0 Å². The summed E-state index contributed by atoms with van der Waals surface area (Å²) in [7, 11) is 0. The first kappa shape index (κ1) is 13.5. The largest absolute Gasteiger partial charge is 0.289 e. The number of carbonyl (C=O) groups excluding carboxylic acids is 1. The normalized spacial score (nSPS) is 22.7. The first-order valence-corrected chi connectivity index (χ1v) is 7.87. The minimum Gasteiger partial charge on any atom is -0.289 e. The Labute approximate surface area is 134 Å². The van der Waals surface area contributed by atoms with E-state index >= 15 is 0 Å². The number of hydrogen-bond donors (Lipinski definition) is 0. The van der Waals surface area contributed by atoms with E-state index in [-0.39, 0.29) is 17.6 Å². The van der Waals surface area contributed by atoms with Crippen molar-refractivity contribution in [3.8, 4) is 0 Å². The monoisotopic (exact) mass is 306 g/mol. The molecule has 0 amide bonds. The van der Waals surface area contributed by atoms with Crippen LogP contribution < -0.4 is 0 Å². The highest BCUT2D eigenvalue weighted by Crippen LogP contribution is 2.48. The average Bonchev–Trinajstić information content (AvgIpc) is 2.82. The van der Waals surface area contributed by atoms with Crippen LogP contribution in [0, 0.1) is 5.92 Å². The van der Waals surface area contributed by atoms with Gasteiger partial charge in [0.2, 0.25) is 0 Å². The predicted molar refractivity (Wildman–Crippen MR) is 90.2 cm³/mol. The highest BCUT2D eigenvalue weighted by molar-refractivity contribution is 6.32. The number of hydrogen-bond acceptors (Lipinski definition) is 1. The number of benzene rings is 2. The third-order valence-electron chi connectivity index (χ3n) is 4.64. The van der Waals surface area contributed by atoms with E-state index in [1.54, 1.807) is 0 Å². The number of ketones is 1. The van der Waals surface area contributed by atoms with Crippen LogP contribution in [0.15, 0.2) is 66.3 Å². The third-order valence-corrected chi connectivity index (χ3v) is 4.98. The van der Waals surface area contributed by atoms with Gasteiger partial charge in [-0.3, -0.25) is 4.79 Å². The van der Waals surface area contributed by atoms with Crippen molar-refractivity contribution in [1.29, 1.82) is 0 Å². The molecular formula is C20H15ClO. The smallest absolute Gasteiger partial charge is 0.190 e. The first-order valence-electron chi connectivity index (χ1n) is 7.49. The molecule has 2 atom stereocenters. The summed E-state index contributed by atoms with van der Waals surface area (Å²) in [5.74, 6) is 0.414. The van der Waals surface area contributed by atoms with E-state index in [1.165, 1.54) is 0 Å². The molecule has 2 aliphatic rings. The fourth-order valence-corrected chi connectivity index (χ4v) is 3.86. The van der Waals surface area contributed by atoms with Gasteiger partial charge in [-0.05, 0) is 28.7 Å². The number of carbonyl (C=O) groups is 1. The maximum atomic E-state index is 12.9. The number of halogens is 1. The van der Waals surface area contributed by atoms with Crippen molar-refractivity contribution in [3.63, 3.8) is 0 Å². The predicted octanol–water partition coefficient (Wildman–Crippen LogP) is 5.28. The Morgan fingerprint density at radius 1 is 0.955 bits per heavy atom. The van der Waals surface area contributed by atoms with Crippen molar-refractivity contribution in [1.82, 2.24) is 0 Å². The van der Waals surface area contributed by atoms with E-state index in [4.69, 9.17) is 11.6 Å². The van der Waals surface area contributed by atoms with Gasteiger partial charge < -0.3 is 0 Å². The summed E-state index contributed by atoms with van der Waals surface area (Å²) >= 11 is 6.41. The van der Waals surface area contributed by atoms with Crippen LogP contribution in [-0.4, -0.2) is 5.78 Å². The molecule has 4 rings (SSSR count). The summed E-state index contributed by atoms with van der Waals surface area (Å²) in [6, 6.07) is 15.7. The molecule has 2 aromatic carbocycles. The second kappa shape index (κ2) is 4.96.